The van der Waals surface area contributed by atoms with Crippen molar-refractivity contribution in [1.82, 2.24) is 0 Å². The second-order valence-electron chi connectivity index (χ2n) is 6.21. The summed E-state index contributed by atoms with van der Waals surface area (Å²) < 4.78 is 5.11. The van der Waals surface area contributed by atoms with E-state index in [2.05, 4.69) is 5.32 Å². The largest absolute Gasteiger partial charge is 0.453 e. The normalized spacial score (nSPS) is 11.5. The first-order valence-electron chi connectivity index (χ1n) is 8.52. The highest BCUT2D eigenvalue weighted by Gasteiger charge is 2.19. The Morgan fingerprint density at radius 3 is 2.31 bits per heavy atom. The Kier molecular flexibility index (Phi) is 6.67. The molecule has 0 radical (unpaired) electrons. The van der Waals surface area contributed by atoms with Gasteiger partial charge in [-0.05, 0) is 50.1 Å². The Labute approximate surface area is 153 Å². The Bertz CT molecular complexity index is 799. The monoisotopic (exact) mass is 353 g/mol. The minimum atomic E-state index is -0.931. The highest BCUT2D eigenvalue weighted by atomic mass is 16.5. The van der Waals surface area contributed by atoms with Gasteiger partial charge in [-0.25, -0.2) is 0 Å². The number of Topliss-reactive ketones (excluding diaryl/α,β-unsaturated/α-hetero) is 1. The van der Waals surface area contributed by atoms with Crippen LogP contribution in [0.25, 0.3) is 0 Å². The minimum Gasteiger partial charge on any atom is -0.453 e. The molecule has 2 rings (SSSR count). The molecule has 0 spiro atoms. The fraction of sp³-hybridized carbons (Fsp3) is 0.286. The zero-order valence-corrected chi connectivity index (χ0v) is 15.2. The topological polar surface area (TPSA) is 72.5 Å². The number of benzene rings is 2. The molecular formula is C21H23NO4. The average molecular weight is 353 g/mol. The fourth-order valence-corrected chi connectivity index (χ4v) is 2.35. The molecule has 2 aromatic carbocycles. The molecule has 5 nitrogen and oxygen atoms in total. The highest BCUT2D eigenvalue weighted by Crippen LogP contribution is 2.13. The number of hydrogen-bond donors (Lipinski definition) is 1. The van der Waals surface area contributed by atoms with Crippen molar-refractivity contribution in [3.63, 3.8) is 0 Å². The molecular weight excluding hydrogens is 330 g/mol. The molecule has 136 valence electrons. The number of anilines is 1. The molecule has 0 saturated carbocycles. The van der Waals surface area contributed by atoms with E-state index in [1.165, 1.54) is 6.92 Å². The number of ketones is 1. The lowest BCUT2D eigenvalue weighted by molar-refractivity contribution is -0.153. The van der Waals surface area contributed by atoms with Crippen LogP contribution in [0.1, 0.15) is 41.3 Å². The van der Waals surface area contributed by atoms with Crippen LogP contribution in [0.15, 0.2) is 48.5 Å². The number of ether oxygens (including phenoxy) is 1. The number of carbonyl (C=O) groups excluding carboxylic acids is 3. The van der Waals surface area contributed by atoms with Crippen LogP contribution in [-0.2, 0) is 14.3 Å². The molecule has 26 heavy (non-hydrogen) atoms. The van der Waals surface area contributed by atoms with E-state index in [9.17, 15) is 14.4 Å². The second kappa shape index (κ2) is 8.94. The lowest BCUT2D eigenvalue weighted by Gasteiger charge is -2.13. The Balaban J connectivity index is 1.81. The molecule has 0 unspecified atom stereocenters. The van der Waals surface area contributed by atoms with E-state index >= 15 is 0 Å². The summed E-state index contributed by atoms with van der Waals surface area (Å²) in [5.74, 6) is -1.10. The van der Waals surface area contributed by atoms with Crippen molar-refractivity contribution >= 4 is 23.3 Å². The van der Waals surface area contributed by atoms with Gasteiger partial charge in [0.1, 0.15) is 0 Å². The van der Waals surface area contributed by atoms with Crippen LogP contribution in [0.2, 0.25) is 0 Å². The summed E-state index contributed by atoms with van der Waals surface area (Å²) in [4.78, 5) is 36.1. The highest BCUT2D eigenvalue weighted by molar-refractivity contribution is 5.98. The maximum absolute atomic E-state index is 12.2. The van der Waals surface area contributed by atoms with Crippen LogP contribution in [0.5, 0.6) is 0 Å². The van der Waals surface area contributed by atoms with Gasteiger partial charge in [0.2, 0.25) is 0 Å². The third-order valence-corrected chi connectivity index (χ3v) is 4.10. The van der Waals surface area contributed by atoms with E-state index in [0.29, 0.717) is 11.3 Å². The molecule has 0 aliphatic carbocycles. The molecule has 0 fully saturated rings. The van der Waals surface area contributed by atoms with Crippen molar-refractivity contribution in [1.29, 1.82) is 0 Å². The standard InChI is InChI=1S/C21H23NO4/c1-14-9-10-17(13-15(14)2)19(23)11-12-20(24)26-16(3)21(25)22-18-7-5-4-6-8-18/h4-10,13,16H,11-12H2,1-3H3,(H,22,25)/t16-/m0/s1. The fourth-order valence-electron chi connectivity index (χ4n) is 2.35. The maximum Gasteiger partial charge on any atom is 0.307 e. The van der Waals surface area contributed by atoms with E-state index < -0.39 is 18.0 Å². The van der Waals surface area contributed by atoms with Gasteiger partial charge < -0.3 is 10.1 Å². The van der Waals surface area contributed by atoms with Crippen LogP contribution < -0.4 is 5.32 Å². The molecule has 1 N–H and O–H groups in total. The van der Waals surface area contributed by atoms with Crippen molar-refractivity contribution in [2.45, 2.75) is 39.7 Å². The lowest BCUT2D eigenvalue weighted by atomic mass is 10.0. The molecule has 0 aromatic heterocycles. The zero-order chi connectivity index (χ0) is 19.1. The van der Waals surface area contributed by atoms with Crippen LogP contribution >= 0.6 is 0 Å². The summed E-state index contributed by atoms with van der Waals surface area (Å²) in [6.07, 6.45) is -0.942. The molecule has 1 amide bonds. The first-order chi connectivity index (χ1) is 12.4. The second-order valence-corrected chi connectivity index (χ2v) is 6.21. The van der Waals surface area contributed by atoms with Gasteiger partial charge in [-0.1, -0.05) is 30.3 Å². The zero-order valence-electron chi connectivity index (χ0n) is 15.2. The number of aryl methyl sites for hydroxylation is 2. The summed E-state index contributed by atoms with van der Waals surface area (Å²) in [6, 6.07) is 14.4. The van der Waals surface area contributed by atoms with Crippen LogP contribution in [-0.4, -0.2) is 23.8 Å². The summed E-state index contributed by atoms with van der Waals surface area (Å²) in [6.45, 7) is 5.41. The lowest BCUT2D eigenvalue weighted by Crippen LogP contribution is -2.30. The first-order valence-corrected chi connectivity index (χ1v) is 8.52. The van der Waals surface area contributed by atoms with E-state index in [-0.39, 0.29) is 18.6 Å². The van der Waals surface area contributed by atoms with Gasteiger partial charge >= 0.3 is 5.97 Å². The van der Waals surface area contributed by atoms with E-state index in [1.807, 2.05) is 32.0 Å². The molecule has 0 aliphatic heterocycles. The molecule has 0 saturated heterocycles. The maximum atomic E-state index is 12.2. The summed E-state index contributed by atoms with van der Waals surface area (Å²) in [5, 5.41) is 2.67. The van der Waals surface area contributed by atoms with Crippen LogP contribution in [0.3, 0.4) is 0 Å². The van der Waals surface area contributed by atoms with E-state index in [1.54, 1.807) is 30.3 Å². The number of rotatable bonds is 7. The third kappa shape index (κ3) is 5.55. The molecule has 0 bridgehead atoms. The smallest absolute Gasteiger partial charge is 0.307 e. The van der Waals surface area contributed by atoms with Crippen molar-refractivity contribution in [3.8, 4) is 0 Å². The molecule has 0 aliphatic rings. The molecule has 1 atom stereocenters. The summed E-state index contributed by atoms with van der Waals surface area (Å²) >= 11 is 0. The molecule has 5 heteroatoms. The third-order valence-electron chi connectivity index (χ3n) is 4.10. The van der Waals surface area contributed by atoms with Gasteiger partial charge in [-0.2, -0.15) is 0 Å². The average Bonchev–Trinajstić information content (AvgIpc) is 2.62. The number of carbonyl (C=O) groups is 3. The predicted octanol–water partition coefficient (Wildman–Crippen LogP) is 3.84. The Morgan fingerprint density at radius 1 is 0.962 bits per heavy atom. The van der Waals surface area contributed by atoms with E-state index in [0.717, 1.165) is 11.1 Å². The van der Waals surface area contributed by atoms with E-state index in [4.69, 9.17) is 4.74 Å². The number of para-hydroxylation sites is 1. The van der Waals surface area contributed by atoms with Crippen molar-refractivity contribution in [3.05, 3.63) is 65.2 Å². The number of nitrogens with one attached hydrogen (secondary N) is 1. The minimum absolute atomic E-state index is 0.0500. The number of esters is 1. The van der Waals surface area contributed by atoms with Crippen molar-refractivity contribution < 1.29 is 19.1 Å². The Morgan fingerprint density at radius 2 is 1.65 bits per heavy atom. The van der Waals surface area contributed by atoms with Gasteiger partial charge in [0.15, 0.2) is 11.9 Å². The van der Waals surface area contributed by atoms with Gasteiger partial charge in [-0.3, -0.25) is 14.4 Å². The van der Waals surface area contributed by atoms with Crippen LogP contribution in [0.4, 0.5) is 5.69 Å². The molecule has 2 aromatic rings. The number of hydrogen-bond acceptors (Lipinski definition) is 4. The SMILES string of the molecule is Cc1ccc(C(=O)CCC(=O)O[C@@H](C)C(=O)Nc2ccccc2)cc1C. The quantitative estimate of drug-likeness (QED) is 0.606. The summed E-state index contributed by atoms with van der Waals surface area (Å²) in [5.41, 5.74) is 3.35. The number of amides is 1. The Hall–Kier alpha value is -2.95. The summed E-state index contributed by atoms with van der Waals surface area (Å²) in [7, 11) is 0. The van der Waals surface area contributed by atoms with Gasteiger partial charge in [0.05, 0.1) is 6.42 Å². The van der Waals surface area contributed by atoms with Gasteiger partial charge in [0, 0.05) is 17.7 Å². The van der Waals surface area contributed by atoms with Crippen LogP contribution in [0, 0.1) is 13.8 Å². The van der Waals surface area contributed by atoms with Crippen molar-refractivity contribution in [2.24, 2.45) is 0 Å². The predicted molar refractivity (Wildman–Crippen MR) is 100 cm³/mol. The first kappa shape index (κ1) is 19.4. The molecule has 0 heterocycles. The van der Waals surface area contributed by atoms with Crippen molar-refractivity contribution in [2.75, 3.05) is 5.32 Å². The van der Waals surface area contributed by atoms with Gasteiger partial charge in [-0.15, -0.1) is 0 Å². The van der Waals surface area contributed by atoms with Gasteiger partial charge in [0.25, 0.3) is 5.91 Å².